The predicted molar refractivity (Wildman–Crippen MR) is 119 cm³/mol. The standard InChI is InChI=1S/C24H31ClN2O2/c1-17-7-9-20(10-8-17)22(27-11-5-4-6-12-27)15-26-23(28)16-29-21-13-18(2)24(25)19(3)14-21/h7-10,13-14,22H,4-6,11-12,15-16H2,1-3H3,(H,26,28)/t22-/m1/s1. The lowest BCUT2D eigenvalue weighted by Crippen LogP contribution is -2.41. The summed E-state index contributed by atoms with van der Waals surface area (Å²) in [5, 5.41) is 3.81. The maximum atomic E-state index is 12.4. The average Bonchev–Trinajstić information content (AvgIpc) is 2.72. The second-order valence-corrected chi connectivity index (χ2v) is 8.36. The number of piperidine rings is 1. The molecule has 2 aromatic carbocycles. The third-order valence-electron chi connectivity index (χ3n) is 5.57. The molecule has 0 saturated carbocycles. The van der Waals surface area contributed by atoms with Crippen molar-refractivity contribution in [1.82, 2.24) is 10.2 Å². The predicted octanol–water partition coefficient (Wildman–Crippen LogP) is 4.99. The number of nitrogens with one attached hydrogen (secondary N) is 1. The van der Waals surface area contributed by atoms with E-state index in [0.29, 0.717) is 12.3 Å². The van der Waals surface area contributed by atoms with Gasteiger partial charge in [0, 0.05) is 11.6 Å². The summed E-state index contributed by atoms with van der Waals surface area (Å²) < 4.78 is 5.70. The molecule has 1 N–H and O–H groups in total. The number of hydrogen-bond donors (Lipinski definition) is 1. The minimum Gasteiger partial charge on any atom is -0.484 e. The molecular weight excluding hydrogens is 384 g/mol. The zero-order chi connectivity index (χ0) is 20.8. The molecule has 1 atom stereocenters. The van der Waals surface area contributed by atoms with Crippen LogP contribution < -0.4 is 10.1 Å². The number of halogens is 1. The van der Waals surface area contributed by atoms with Gasteiger partial charge in [-0.25, -0.2) is 0 Å². The number of amides is 1. The van der Waals surface area contributed by atoms with Gasteiger partial charge in [-0.3, -0.25) is 9.69 Å². The molecule has 1 saturated heterocycles. The van der Waals surface area contributed by atoms with Crippen molar-refractivity contribution in [2.24, 2.45) is 0 Å². The van der Waals surface area contributed by atoms with E-state index in [2.05, 4.69) is 41.4 Å². The van der Waals surface area contributed by atoms with Crippen LogP contribution in [0.25, 0.3) is 0 Å². The van der Waals surface area contributed by atoms with Crippen molar-refractivity contribution in [2.75, 3.05) is 26.2 Å². The number of benzene rings is 2. The molecule has 1 amide bonds. The molecule has 0 bridgehead atoms. The Kier molecular flexibility index (Phi) is 7.57. The summed E-state index contributed by atoms with van der Waals surface area (Å²) in [6.07, 6.45) is 3.72. The molecule has 29 heavy (non-hydrogen) atoms. The summed E-state index contributed by atoms with van der Waals surface area (Å²) in [7, 11) is 0. The quantitative estimate of drug-likeness (QED) is 0.694. The third-order valence-corrected chi connectivity index (χ3v) is 6.16. The highest BCUT2D eigenvalue weighted by Crippen LogP contribution is 2.26. The lowest BCUT2D eigenvalue weighted by Gasteiger charge is -2.35. The van der Waals surface area contributed by atoms with Gasteiger partial charge < -0.3 is 10.1 Å². The first-order valence-electron chi connectivity index (χ1n) is 10.4. The SMILES string of the molecule is Cc1ccc([C@@H](CNC(=O)COc2cc(C)c(Cl)c(C)c2)N2CCCCC2)cc1. The van der Waals surface area contributed by atoms with E-state index >= 15 is 0 Å². The number of carbonyl (C=O) groups is 1. The van der Waals surface area contributed by atoms with E-state index in [1.807, 2.05) is 26.0 Å². The fourth-order valence-electron chi connectivity index (χ4n) is 3.88. The summed E-state index contributed by atoms with van der Waals surface area (Å²) in [5.41, 5.74) is 4.40. The number of rotatable bonds is 7. The molecule has 1 aliphatic rings. The van der Waals surface area contributed by atoms with Crippen molar-refractivity contribution in [1.29, 1.82) is 0 Å². The van der Waals surface area contributed by atoms with E-state index in [1.54, 1.807) is 0 Å². The van der Waals surface area contributed by atoms with E-state index in [4.69, 9.17) is 16.3 Å². The Morgan fingerprint density at radius 2 is 1.69 bits per heavy atom. The first-order chi connectivity index (χ1) is 13.9. The second kappa shape index (κ2) is 10.1. The van der Waals surface area contributed by atoms with Crippen LogP contribution in [0.15, 0.2) is 36.4 Å². The van der Waals surface area contributed by atoms with Crippen molar-refractivity contribution in [3.8, 4) is 5.75 Å². The van der Waals surface area contributed by atoms with E-state index in [-0.39, 0.29) is 18.6 Å². The molecule has 0 aromatic heterocycles. The molecular formula is C24H31ClN2O2. The number of hydrogen-bond acceptors (Lipinski definition) is 3. The number of likely N-dealkylation sites (tertiary alicyclic amines) is 1. The number of nitrogens with zero attached hydrogens (tertiary/aromatic N) is 1. The Morgan fingerprint density at radius 1 is 1.07 bits per heavy atom. The Labute approximate surface area is 179 Å². The smallest absolute Gasteiger partial charge is 0.258 e. The highest BCUT2D eigenvalue weighted by Gasteiger charge is 2.23. The van der Waals surface area contributed by atoms with Gasteiger partial charge in [0.15, 0.2) is 6.61 Å². The highest BCUT2D eigenvalue weighted by molar-refractivity contribution is 6.32. The minimum atomic E-state index is -0.107. The lowest BCUT2D eigenvalue weighted by molar-refractivity contribution is -0.123. The van der Waals surface area contributed by atoms with Gasteiger partial charge in [0.25, 0.3) is 5.91 Å². The van der Waals surface area contributed by atoms with Gasteiger partial charge in [-0.15, -0.1) is 0 Å². The first kappa shape index (κ1) is 21.7. The number of ether oxygens (including phenoxy) is 1. The van der Waals surface area contributed by atoms with Crippen LogP contribution >= 0.6 is 11.6 Å². The monoisotopic (exact) mass is 414 g/mol. The zero-order valence-electron chi connectivity index (χ0n) is 17.6. The van der Waals surface area contributed by atoms with Crippen LogP contribution in [0.4, 0.5) is 0 Å². The van der Waals surface area contributed by atoms with Crippen LogP contribution in [0.2, 0.25) is 5.02 Å². The van der Waals surface area contributed by atoms with Crippen LogP contribution in [0.5, 0.6) is 5.75 Å². The van der Waals surface area contributed by atoms with E-state index in [9.17, 15) is 4.79 Å². The number of aryl methyl sites for hydroxylation is 3. The van der Waals surface area contributed by atoms with Gasteiger partial charge >= 0.3 is 0 Å². The Hall–Kier alpha value is -2.04. The Balaban J connectivity index is 1.59. The lowest BCUT2D eigenvalue weighted by atomic mass is 10.0. The molecule has 0 radical (unpaired) electrons. The van der Waals surface area contributed by atoms with Crippen LogP contribution in [-0.4, -0.2) is 37.0 Å². The van der Waals surface area contributed by atoms with Gasteiger partial charge in [0.2, 0.25) is 0 Å². The summed E-state index contributed by atoms with van der Waals surface area (Å²) in [6, 6.07) is 12.6. The summed E-state index contributed by atoms with van der Waals surface area (Å²) in [6.45, 7) is 8.71. The van der Waals surface area contributed by atoms with Crippen molar-refractivity contribution in [3.63, 3.8) is 0 Å². The van der Waals surface area contributed by atoms with Gasteiger partial charge in [-0.05, 0) is 75.5 Å². The molecule has 0 aliphatic carbocycles. The maximum Gasteiger partial charge on any atom is 0.258 e. The Bertz CT molecular complexity index is 806. The fraction of sp³-hybridized carbons (Fsp3) is 0.458. The highest BCUT2D eigenvalue weighted by atomic mass is 35.5. The van der Waals surface area contributed by atoms with Crippen molar-refractivity contribution < 1.29 is 9.53 Å². The second-order valence-electron chi connectivity index (χ2n) is 7.99. The third kappa shape index (κ3) is 5.97. The molecule has 2 aromatic rings. The molecule has 0 unspecified atom stereocenters. The normalized spacial score (nSPS) is 15.7. The summed E-state index contributed by atoms with van der Waals surface area (Å²) in [4.78, 5) is 14.9. The van der Waals surface area contributed by atoms with Crippen molar-refractivity contribution in [2.45, 2.75) is 46.1 Å². The van der Waals surface area contributed by atoms with Gasteiger partial charge in [0.1, 0.15) is 5.75 Å². The average molecular weight is 415 g/mol. The molecule has 4 nitrogen and oxygen atoms in total. The maximum absolute atomic E-state index is 12.4. The molecule has 1 fully saturated rings. The number of carbonyl (C=O) groups excluding carboxylic acids is 1. The molecule has 5 heteroatoms. The molecule has 156 valence electrons. The van der Waals surface area contributed by atoms with Gasteiger partial charge in [0.05, 0.1) is 6.04 Å². The van der Waals surface area contributed by atoms with Crippen molar-refractivity contribution >= 4 is 17.5 Å². The van der Waals surface area contributed by atoms with E-state index < -0.39 is 0 Å². The summed E-state index contributed by atoms with van der Waals surface area (Å²) in [5.74, 6) is 0.565. The van der Waals surface area contributed by atoms with Crippen LogP contribution in [0.1, 0.15) is 47.6 Å². The fourth-order valence-corrected chi connectivity index (χ4v) is 3.99. The largest absolute Gasteiger partial charge is 0.484 e. The van der Waals surface area contributed by atoms with Crippen LogP contribution in [0, 0.1) is 20.8 Å². The van der Waals surface area contributed by atoms with Crippen molar-refractivity contribution in [3.05, 3.63) is 63.7 Å². The Morgan fingerprint density at radius 3 is 2.31 bits per heavy atom. The van der Waals surface area contributed by atoms with Gasteiger partial charge in [-0.2, -0.15) is 0 Å². The van der Waals surface area contributed by atoms with Crippen LogP contribution in [0.3, 0.4) is 0 Å². The van der Waals surface area contributed by atoms with E-state index in [0.717, 1.165) is 29.2 Å². The van der Waals surface area contributed by atoms with Crippen LogP contribution in [-0.2, 0) is 4.79 Å². The zero-order valence-corrected chi connectivity index (χ0v) is 18.4. The molecule has 3 rings (SSSR count). The summed E-state index contributed by atoms with van der Waals surface area (Å²) >= 11 is 6.20. The molecule has 1 heterocycles. The first-order valence-corrected chi connectivity index (χ1v) is 10.8. The van der Waals surface area contributed by atoms with Gasteiger partial charge in [-0.1, -0.05) is 47.9 Å². The van der Waals surface area contributed by atoms with E-state index in [1.165, 1.54) is 30.4 Å². The molecule has 1 aliphatic heterocycles. The minimum absolute atomic E-state index is 0.00112. The topological polar surface area (TPSA) is 41.6 Å². The molecule has 0 spiro atoms.